The highest BCUT2D eigenvalue weighted by Crippen LogP contribution is 2.51. The molecule has 9 aromatic rings. The minimum absolute atomic E-state index is 0.0579. The smallest absolute Gasteiger partial charge is 0.0544 e. The molecular formula is C45H32N2. The molecule has 0 aliphatic heterocycles. The van der Waals surface area contributed by atoms with Crippen molar-refractivity contribution < 1.29 is 0 Å². The number of aromatic nitrogens is 2. The van der Waals surface area contributed by atoms with Gasteiger partial charge in [0.2, 0.25) is 0 Å². The lowest BCUT2D eigenvalue weighted by Crippen LogP contribution is -2.14. The van der Waals surface area contributed by atoms with Gasteiger partial charge in [0.05, 0.1) is 22.1 Å². The van der Waals surface area contributed by atoms with E-state index in [4.69, 9.17) is 0 Å². The normalized spacial score (nSPS) is 13.5. The summed E-state index contributed by atoms with van der Waals surface area (Å²) in [4.78, 5) is 0. The molecule has 0 N–H and O–H groups in total. The molecule has 0 saturated carbocycles. The SMILES string of the molecule is CC1(C)c2ccccc2-c2cc3c4ccccc4n(-c4cccc(-c5ccc6c(c5)c5ccccc5n6-c5ccccc5)c4)c3cc21. The molecule has 7 aromatic carbocycles. The van der Waals surface area contributed by atoms with Crippen molar-refractivity contribution in [1.82, 2.24) is 9.13 Å². The van der Waals surface area contributed by atoms with Crippen LogP contribution in [0.15, 0.2) is 158 Å². The van der Waals surface area contributed by atoms with E-state index >= 15 is 0 Å². The Kier molecular flexibility index (Phi) is 5.37. The maximum atomic E-state index is 2.47. The Bertz CT molecular complexity index is 2700. The second-order valence-electron chi connectivity index (χ2n) is 13.4. The molecule has 2 heterocycles. The summed E-state index contributed by atoms with van der Waals surface area (Å²) in [6.45, 7) is 4.73. The summed E-state index contributed by atoms with van der Waals surface area (Å²) >= 11 is 0. The molecule has 0 spiro atoms. The van der Waals surface area contributed by atoms with Gasteiger partial charge < -0.3 is 9.13 Å². The van der Waals surface area contributed by atoms with E-state index in [0.29, 0.717) is 0 Å². The van der Waals surface area contributed by atoms with Gasteiger partial charge in [-0.15, -0.1) is 0 Å². The highest BCUT2D eigenvalue weighted by molar-refractivity contribution is 6.12. The molecule has 1 aliphatic carbocycles. The molecule has 0 unspecified atom stereocenters. The van der Waals surface area contributed by atoms with E-state index in [9.17, 15) is 0 Å². The lowest BCUT2D eigenvalue weighted by Gasteiger charge is -2.21. The summed E-state index contributed by atoms with van der Waals surface area (Å²) in [5.41, 5.74) is 15.2. The topological polar surface area (TPSA) is 9.86 Å². The molecule has 0 amide bonds. The largest absolute Gasteiger partial charge is 0.309 e. The number of rotatable bonds is 3. The van der Waals surface area contributed by atoms with Gasteiger partial charge in [0.15, 0.2) is 0 Å². The first-order valence-electron chi connectivity index (χ1n) is 16.4. The molecule has 2 nitrogen and oxygen atoms in total. The molecule has 222 valence electrons. The zero-order valence-corrected chi connectivity index (χ0v) is 26.4. The first-order valence-corrected chi connectivity index (χ1v) is 16.4. The summed E-state index contributed by atoms with van der Waals surface area (Å²) in [6.07, 6.45) is 0. The molecule has 0 saturated heterocycles. The van der Waals surface area contributed by atoms with Crippen LogP contribution in [0.1, 0.15) is 25.0 Å². The van der Waals surface area contributed by atoms with E-state index in [2.05, 4.69) is 181 Å². The van der Waals surface area contributed by atoms with E-state index in [1.54, 1.807) is 0 Å². The second kappa shape index (κ2) is 9.57. The molecule has 0 atom stereocenters. The maximum Gasteiger partial charge on any atom is 0.0544 e. The van der Waals surface area contributed by atoms with E-state index in [0.717, 1.165) is 0 Å². The zero-order chi connectivity index (χ0) is 31.3. The first-order chi connectivity index (χ1) is 23.1. The first kappa shape index (κ1) is 26.4. The monoisotopic (exact) mass is 600 g/mol. The van der Waals surface area contributed by atoms with Gasteiger partial charge in [-0.3, -0.25) is 0 Å². The summed E-state index contributed by atoms with van der Waals surface area (Å²) in [5, 5.41) is 5.12. The van der Waals surface area contributed by atoms with Gasteiger partial charge in [0.1, 0.15) is 0 Å². The number of para-hydroxylation sites is 3. The Balaban J connectivity index is 1.18. The van der Waals surface area contributed by atoms with Crippen LogP contribution in [-0.2, 0) is 5.41 Å². The number of fused-ring (bicyclic) bond motifs is 9. The third kappa shape index (κ3) is 3.67. The predicted molar refractivity (Wildman–Crippen MR) is 198 cm³/mol. The lowest BCUT2D eigenvalue weighted by molar-refractivity contribution is 0.661. The standard InChI is InChI=1S/C45H32N2/c1-45(2)39-20-9-6-17-33(39)36-27-38-35-19-8-11-22-42(35)47(44(38)28-40(36)45)32-16-12-13-29(25-32)30-23-24-43-37(26-30)34-18-7-10-21-41(34)46(43)31-14-4-3-5-15-31/h3-28H,1-2H3. The third-order valence-electron chi connectivity index (χ3n) is 10.5. The average Bonchev–Trinajstić information content (AvgIpc) is 3.71. The number of hydrogen-bond acceptors (Lipinski definition) is 0. The Labute approximate surface area is 273 Å². The van der Waals surface area contributed by atoms with E-state index in [1.807, 2.05) is 0 Å². The van der Waals surface area contributed by atoms with Crippen LogP contribution in [0.4, 0.5) is 0 Å². The Hall–Kier alpha value is -5.86. The van der Waals surface area contributed by atoms with Crippen molar-refractivity contribution in [3.8, 4) is 33.6 Å². The molecule has 0 fully saturated rings. The Morgan fingerprint density at radius 2 is 0.957 bits per heavy atom. The van der Waals surface area contributed by atoms with Crippen molar-refractivity contribution in [2.75, 3.05) is 0 Å². The lowest BCUT2D eigenvalue weighted by atomic mass is 9.82. The summed E-state index contributed by atoms with van der Waals surface area (Å²) < 4.78 is 4.84. The summed E-state index contributed by atoms with van der Waals surface area (Å²) in [6, 6.07) is 58.1. The highest BCUT2D eigenvalue weighted by atomic mass is 15.0. The third-order valence-corrected chi connectivity index (χ3v) is 10.5. The second-order valence-corrected chi connectivity index (χ2v) is 13.4. The van der Waals surface area contributed by atoms with Crippen LogP contribution in [0.2, 0.25) is 0 Å². The Morgan fingerprint density at radius 3 is 1.74 bits per heavy atom. The molecule has 47 heavy (non-hydrogen) atoms. The molecule has 10 rings (SSSR count). The number of benzene rings is 7. The minimum Gasteiger partial charge on any atom is -0.309 e. The molecule has 2 heteroatoms. The number of hydrogen-bond donors (Lipinski definition) is 0. The molecule has 2 aromatic heterocycles. The van der Waals surface area contributed by atoms with Gasteiger partial charge >= 0.3 is 0 Å². The fourth-order valence-corrected chi connectivity index (χ4v) is 8.27. The Morgan fingerprint density at radius 1 is 0.362 bits per heavy atom. The van der Waals surface area contributed by atoms with Gasteiger partial charge in [0.25, 0.3) is 0 Å². The van der Waals surface area contributed by atoms with Gasteiger partial charge in [0, 0.05) is 38.3 Å². The van der Waals surface area contributed by atoms with Crippen molar-refractivity contribution in [3.05, 3.63) is 169 Å². The summed E-state index contributed by atoms with van der Waals surface area (Å²) in [7, 11) is 0. The predicted octanol–water partition coefficient (Wildman–Crippen LogP) is 11.9. The van der Waals surface area contributed by atoms with Crippen LogP contribution >= 0.6 is 0 Å². The summed E-state index contributed by atoms with van der Waals surface area (Å²) in [5.74, 6) is 0. The fourth-order valence-electron chi connectivity index (χ4n) is 8.27. The maximum absolute atomic E-state index is 2.47. The average molecular weight is 601 g/mol. The molecule has 1 aliphatic rings. The van der Waals surface area contributed by atoms with Gasteiger partial charge in [-0.05, 0) is 94.0 Å². The fraction of sp³-hybridized carbons (Fsp3) is 0.0667. The van der Waals surface area contributed by atoms with Crippen LogP contribution in [0.3, 0.4) is 0 Å². The van der Waals surface area contributed by atoms with E-state index < -0.39 is 0 Å². The van der Waals surface area contributed by atoms with Crippen LogP contribution in [0.25, 0.3) is 77.2 Å². The minimum atomic E-state index is -0.0579. The van der Waals surface area contributed by atoms with Crippen LogP contribution in [0.5, 0.6) is 0 Å². The zero-order valence-electron chi connectivity index (χ0n) is 26.4. The van der Waals surface area contributed by atoms with Crippen molar-refractivity contribution in [1.29, 1.82) is 0 Å². The van der Waals surface area contributed by atoms with Crippen LogP contribution in [0, 0.1) is 0 Å². The van der Waals surface area contributed by atoms with Gasteiger partial charge in [-0.1, -0.05) is 111 Å². The molecular weight excluding hydrogens is 569 g/mol. The van der Waals surface area contributed by atoms with Crippen molar-refractivity contribution in [3.63, 3.8) is 0 Å². The van der Waals surface area contributed by atoms with Crippen molar-refractivity contribution >= 4 is 43.6 Å². The molecule has 0 bridgehead atoms. The van der Waals surface area contributed by atoms with E-state index in [1.165, 1.54) is 88.4 Å². The van der Waals surface area contributed by atoms with Crippen LogP contribution < -0.4 is 0 Å². The quantitative estimate of drug-likeness (QED) is 0.191. The van der Waals surface area contributed by atoms with Gasteiger partial charge in [-0.25, -0.2) is 0 Å². The van der Waals surface area contributed by atoms with E-state index in [-0.39, 0.29) is 5.41 Å². The van der Waals surface area contributed by atoms with Gasteiger partial charge in [-0.2, -0.15) is 0 Å². The molecule has 0 radical (unpaired) electrons. The van der Waals surface area contributed by atoms with Crippen LogP contribution in [-0.4, -0.2) is 9.13 Å². The number of nitrogens with zero attached hydrogens (tertiary/aromatic N) is 2. The highest BCUT2D eigenvalue weighted by Gasteiger charge is 2.36. The van der Waals surface area contributed by atoms with Crippen molar-refractivity contribution in [2.24, 2.45) is 0 Å². The van der Waals surface area contributed by atoms with Crippen molar-refractivity contribution in [2.45, 2.75) is 19.3 Å².